The van der Waals surface area contributed by atoms with Gasteiger partial charge in [-0.1, -0.05) is 48.5 Å². The number of rotatable bonds is 6. The maximum atomic E-state index is 4.47. The Balaban J connectivity index is 0.00000171. The van der Waals surface area contributed by atoms with Gasteiger partial charge in [0, 0.05) is 18.7 Å². The van der Waals surface area contributed by atoms with Gasteiger partial charge in [-0.2, -0.15) is 15.3 Å². The molecule has 1 aromatic heterocycles. The van der Waals surface area contributed by atoms with Crippen LogP contribution in [0.15, 0.2) is 74.8 Å². The van der Waals surface area contributed by atoms with E-state index in [1.54, 1.807) is 12.4 Å². The number of aliphatic imine (C=N–C) groups is 2. The Hall–Kier alpha value is -3.51. The topological polar surface area (TPSA) is 126 Å². The van der Waals surface area contributed by atoms with Crippen LogP contribution in [0.1, 0.15) is 11.1 Å². The van der Waals surface area contributed by atoms with E-state index in [9.17, 15) is 0 Å². The van der Waals surface area contributed by atoms with Gasteiger partial charge < -0.3 is 10.6 Å². The molecule has 2 aliphatic rings. The molecule has 0 amide bonds. The number of nitrogens with zero attached hydrogens (tertiary/aromatic N) is 5. The van der Waals surface area contributed by atoms with Gasteiger partial charge in [-0.05, 0) is 22.8 Å². The van der Waals surface area contributed by atoms with Crippen molar-refractivity contribution < 1.29 is 0 Å². The van der Waals surface area contributed by atoms with Gasteiger partial charge in [0.05, 0.1) is 36.9 Å². The predicted molar refractivity (Wildman–Crippen MR) is 152 cm³/mol. The SMILES string of the molecule is Br.Br.C(=N/NC1=NCCN1)/c1ccc(-c2cc(-c3ccc(/C=N/NC4=NCCN4)cc3)[nH]n2)cc1. The molecule has 0 saturated carbocycles. The maximum Gasteiger partial charge on any atom is 0.212 e. The Morgan fingerprint density at radius 2 is 1.23 bits per heavy atom. The van der Waals surface area contributed by atoms with Crippen molar-refractivity contribution in [1.82, 2.24) is 31.7 Å². The summed E-state index contributed by atoms with van der Waals surface area (Å²) in [5.41, 5.74) is 11.7. The van der Waals surface area contributed by atoms with Crippen LogP contribution < -0.4 is 21.5 Å². The molecule has 0 atom stereocenters. The van der Waals surface area contributed by atoms with Crippen LogP contribution in [0.25, 0.3) is 22.5 Å². The smallest absolute Gasteiger partial charge is 0.212 e. The minimum atomic E-state index is 0. The van der Waals surface area contributed by atoms with Crippen molar-refractivity contribution in [2.45, 2.75) is 0 Å². The van der Waals surface area contributed by atoms with Crippen molar-refractivity contribution in [2.75, 3.05) is 26.2 Å². The van der Waals surface area contributed by atoms with E-state index in [0.717, 1.165) is 59.8 Å². The molecule has 0 spiro atoms. The molecule has 182 valence electrons. The molecule has 3 aromatic rings. The first-order chi connectivity index (χ1) is 16.3. The minimum Gasteiger partial charge on any atom is -0.353 e. The molecule has 10 nitrogen and oxygen atoms in total. The summed E-state index contributed by atoms with van der Waals surface area (Å²) in [5, 5.41) is 22.2. The lowest BCUT2D eigenvalue weighted by atomic mass is 10.1. The average molecular weight is 602 g/mol. The van der Waals surface area contributed by atoms with Crippen LogP contribution in [0.4, 0.5) is 0 Å². The van der Waals surface area contributed by atoms with Crippen LogP contribution in [-0.2, 0) is 0 Å². The lowest BCUT2D eigenvalue weighted by Gasteiger charge is -2.01. The Morgan fingerprint density at radius 1 is 0.714 bits per heavy atom. The van der Waals surface area contributed by atoms with Crippen molar-refractivity contribution in [2.24, 2.45) is 20.2 Å². The van der Waals surface area contributed by atoms with E-state index in [2.05, 4.69) is 51.9 Å². The van der Waals surface area contributed by atoms with Crippen LogP contribution in [0, 0.1) is 0 Å². The molecule has 5 N–H and O–H groups in total. The number of guanidine groups is 2. The van der Waals surface area contributed by atoms with E-state index in [0.29, 0.717) is 11.9 Å². The molecule has 3 heterocycles. The highest BCUT2D eigenvalue weighted by atomic mass is 79.9. The van der Waals surface area contributed by atoms with Crippen molar-refractivity contribution >= 4 is 58.3 Å². The molecule has 2 aliphatic heterocycles. The monoisotopic (exact) mass is 600 g/mol. The summed E-state index contributed by atoms with van der Waals surface area (Å²) >= 11 is 0. The highest BCUT2D eigenvalue weighted by Crippen LogP contribution is 2.24. The van der Waals surface area contributed by atoms with Gasteiger partial charge in [-0.15, -0.1) is 34.0 Å². The number of benzene rings is 2. The van der Waals surface area contributed by atoms with Gasteiger partial charge in [-0.3, -0.25) is 5.10 Å². The molecular weight excluding hydrogens is 576 g/mol. The van der Waals surface area contributed by atoms with Gasteiger partial charge in [-0.25, -0.2) is 20.8 Å². The Bertz CT molecular complexity index is 1120. The van der Waals surface area contributed by atoms with Gasteiger partial charge in [0.15, 0.2) is 0 Å². The number of hydrazone groups is 2. The zero-order valence-corrected chi connectivity index (χ0v) is 22.2. The first kappa shape index (κ1) is 26.1. The third-order valence-corrected chi connectivity index (χ3v) is 5.12. The quantitative estimate of drug-likeness (QED) is 0.219. The van der Waals surface area contributed by atoms with Crippen LogP contribution in [0.5, 0.6) is 0 Å². The number of halogens is 2. The number of hydrogen-bond acceptors (Lipinski definition) is 9. The first-order valence-electron chi connectivity index (χ1n) is 10.7. The van der Waals surface area contributed by atoms with E-state index < -0.39 is 0 Å². The second kappa shape index (κ2) is 12.8. The summed E-state index contributed by atoms with van der Waals surface area (Å²) in [4.78, 5) is 8.47. The molecule has 12 heteroatoms. The second-order valence-electron chi connectivity index (χ2n) is 7.47. The Labute approximate surface area is 224 Å². The summed E-state index contributed by atoms with van der Waals surface area (Å²) in [6, 6.07) is 18.2. The van der Waals surface area contributed by atoms with E-state index in [4.69, 9.17) is 0 Å². The fraction of sp³-hybridized carbons (Fsp3) is 0.174. The molecular formula is C23H26Br2N10. The van der Waals surface area contributed by atoms with E-state index >= 15 is 0 Å². The largest absolute Gasteiger partial charge is 0.353 e. The lowest BCUT2D eigenvalue weighted by molar-refractivity contribution is 0.920. The van der Waals surface area contributed by atoms with Crippen LogP contribution in [-0.4, -0.2) is 60.7 Å². The van der Waals surface area contributed by atoms with Crippen molar-refractivity contribution in [3.63, 3.8) is 0 Å². The number of nitrogens with one attached hydrogen (secondary N) is 5. The lowest BCUT2D eigenvalue weighted by Crippen LogP contribution is -2.30. The third-order valence-electron chi connectivity index (χ3n) is 5.12. The zero-order chi connectivity index (χ0) is 22.3. The summed E-state index contributed by atoms with van der Waals surface area (Å²) in [7, 11) is 0. The molecule has 0 unspecified atom stereocenters. The van der Waals surface area contributed by atoms with Crippen LogP contribution >= 0.6 is 34.0 Å². The molecule has 2 aromatic carbocycles. The van der Waals surface area contributed by atoms with E-state index in [-0.39, 0.29) is 34.0 Å². The minimum absolute atomic E-state index is 0. The summed E-state index contributed by atoms with van der Waals surface area (Å²) in [5.74, 6) is 1.42. The molecule has 0 fully saturated rings. The summed E-state index contributed by atoms with van der Waals surface area (Å²) in [6.07, 6.45) is 3.53. The molecule has 35 heavy (non-hydrogen) atoms. The molecule has 0 aliphatic carbocycles. The third kappa shape index (κ3) is 6.99. The number of H-pyrrole nitrogens is 1. The normalized spacial score (nSPS) is 14.5. The van der Waals surface area contributed by atoms with Crippen LogP contribution in [0.2, 0.25) is 0 Å². The Kier molecular flexibility index (Phi) is 9.56. The average Bonchev–Trinajstić information content (AvgIpc) is 3.63. The van der Waals surface area contributed by atoms with Gasteiger partial charge in [0.2, 0.25) is 11.9 Å². The van der Waals surface area contributed by atoms with E-state index in [1.807, 2.05) is 54.6 Å². The number of aromatic nitrogens is 2. The maximum absolute atomic E-state index is 4.47. The molecule has 0 radical (unpaired) electrons. The fourth-order valence-corrected chi connectivity index (χ4v) is 3.39. The van der Waals surface area contributed by atoms with Crippen LogP contribution in [0.3, 0.4) is 0 Å². The standard InChI is InChI=1S/C23H24N10.2BrH/c1-5-18(6-2-16(1)14-28-32-22-24-9-10-25-22)20-13-21(31-30-20)19-7-3-17(4-8-19)15-29-33-23-26-11-12-27-23;;/h1-8,13-15H,9-12H2,(H,30,31)(H2,24,25,32)(H2,26,27,33);2*1H/b28-14-,29-15+;;. The van der Waals surface area contributed by atoms with Gasteiger partial charge in [0.25, 0.3) is 0 Å². The van der Waals surface area contributed by atoms with Gasteiger partial charge in [0.1, 0.15) is 0 Å². The molecule has 0 saturated heterocycles. The second-order valence-corrected chi connectivity index (χ2v) is 7.47. The van der Waals surface area contributed by atoms with E-state index in [1.165, 1.54) is 0 Å². The van der Waals surface area contributed by atoms with Gasteiger partial charge >= 0.3 is 0 Å². The highest BCUT2D eigenvalue weighted by Gasteiger charge is 2.07. The fourth-order valence-electron chi connectivity index (χ4n) is 3.39. The highest BCUT2D eigenvalue weighted by molar-refractivity contribution is 8.93. The number of hydrogen-bond donors (Lipinski definition) is 5. The number of aromatic amines is 1. The molecule has 0 bridgehead atoms. The summed E-state index contributed by atoms with van der Waals surface area (Å²) in [6.45, 7) is 3.26. The van der Waals surface area contributed by atoms with Crippen molar-refractivity contribution in [3.05, 3.63) is 65.7 Å². The predicted octanol–water partition coefficient (Wildman–Crippen LogP) is 2.66. The van der Waals surface area contributed by atoms with Crippen molar-refractivity contribution in [3.8, 4) is 22.5 Å². The van der Waals surface area contributed by atoms with Crippen molar-refractivity contribution in [1.29, 1.82) is 0 Å². The summed E-state index contributed by atoms with van der Waals surface area (Å²) < 4.78 is 0. The zero-order valence-electron chi connectivity index (χ0n) is 18.7. The molecule has 5 rings (SSSR count). The Morgan fingerprint density at radius 3 is 1.71 bits per heavy atom. The first-order valence-corrected chi connectivity index (χ1v) is 10.7.